The number of hydrogen-bond acceptors (Lipinski definition) is 1. The van der Waals surface area contributed by atoms with Gasteiger partial charge in [0.15, 0.2) is 6.29 Å². The number of halogens is 4. The molecule has 0 spiro atoms. The predicted octanol–water partition coefficient (Wildman–Crippen LogP) is 3.65. The van der Waals surface area contributed by atoms with Crippen LogP contribution >= 0.6 is 11.6 Å². The first-order valence-corrected chi connectivity index (χ1v) is 4.65. The topological polar surface area (TPSA) is 32.9 Å². The normalized spacial score (nSPS) is 12.0. The molecule has 1 aromatic heterocycles. The summed E-state index contributed by atoms with van der Waals surface area (Å²) in [6, 6.07) is 4.16. The number of H-pyrrole nitrogens is 1. The summed E-state index contributed by atoms with van der Waals surface area (Å²) >= 11 is 5.65. The second-order valence-corrected chi connectivity index (χ2v) is 3.66. The van der Waals surface area contributed by atoms with Crippen LogP contribution in [-0.2, 0) is 6.18 Å². The van der Waals surface area contributed by atoms with Gasteiger partial charge in [-0.1, -0.05) is 17.7 Å². The predicted molar refractivity (Wildman–Crippen MR) is 53.7 cm³/mol. The van der Waals surface area contributed by atoms with Crippen LogP contribution in [0.3, 0.4) is 0 Å². The van der Waals surface area contributed by atoms with Crippen molar-refractivity contribution < 1.29 is 18.0 Å². The fraction of sp³-hybridized carbons (Fsp3) is 0.100. The number of benzene rings is 1. The van der Waals surface area contributed by atoms with E-state index in [0.29, 0.717) is 5.02 Å². The third kappa shape index (κ3) is 1.67. The molecular weight excluding hydrogens is 243 g/mol. The number of nitrogens with one attached hydrogen (secondary N) is 1. The Morgan fingerprint density at radius 1 is 1.31 bits per heavy atom. The second kappa shape index (κ2) is 3.52. The number of rotatable bonds is 1. The summed E-state index contributed by atoms with van der Waals surface area (Å²) in [5, 5.41) is 0.520. The van der Waals surface area contributed by atoms with Gasteiger partial charge < -0.3 is 4.98 Å². The Hall–Kier alpha value is -1.49. The molecule has 0 atom stereocenters. The van der Waals surface area contributed by atoms with Gasteiger partial charge in [0.05, 0.1) is 5.56 Å². The van der Waals surface area contributed by atoms with Crippen molar-refractivity contribution in [3.63, 3.8) is 0 Å². The zero-order chi connectivity index (χ0) is 11.9. The van der Waals surface area contributed by atoms with E-state index in [1.165, 1.54) is 18.2 Å². The summed E-state index contributed by atoms with van der Waals surface area (Å²) in [6.45, 7) is 0. The highest BCUT2D eigenvalue weighted by Gasteiger charge is 2.36. The van der Waals surface area contributed by atoms with E-state index in [-0.39, 0.29) is 22.8 Å². The lowest BCUT2D eigenvalue weighted by atomic mass is 10.1. The van der Waals surface area contributed by atoms with Crippen molar-refractivity contribution in [3.8, 4) is 0 Å². The molecule has 0 unspecified atom stereocenters. The third-order valence-corrected chi connectivity index (χ3v) is 2.44. The standard InChI is InChI=1S/C10H5ClF3NO/c11-5-1-2-6-7(4-16)9(10(12,13)14)15-8(6)3-5/h1-4,15H. The maximum Gasteiger partial charge on any atom is 0.431 e. The molecule has 0 aliphatic heterocycles. The number of carbonyl (C=O) groups excluding carboxylic acids is 1. The molecule has 1 N–H and O–H groups in total. The number of carbonyl (C=O) groups is 1. The third-order valence-electron chi connectivity index (χ3n) is 2.20. The smallest absolute Gasteiger partial charge is 0.350 e. The van der Waals surface area contributed by atoms with Crippen LogP contribution in [-0.4, -0.2) is 11.3 Å². The average Bonchev–Trinajstić information content (AvgIpc) is 2.54. The van der Waals surface area contributed by atoms with Crippen molar-refractivity contribution >= 4 is 28.8 Å². The van der Waals surface area contributed by atoms with Crippen molar-refractivity contribution in [2.75, 3.05) is 0 Å². The minimum Gasteiger partial charge on any atom is -0.350 e. The summed E-state index contributed by atoms with van der Waals surface area (Å²) < 4.78 is 37.7. The van der Waals surface area contributed by atoms with E-state index in [4.69, 9.17) is 11.6 Å². The molecule has 0 bridgehead atoms. The summed E-state index contributed by atoms with van der Waals surface area (Å²) in [4.78, 5) is 12.8. The molecule has 0 fully saturated rings. The molecule has 0 aliphatic rings. The van der Waals surface area contributed by atoms with Crippen LogP contribution in [0.25, 0.3) is 10.9 Å². The Bertz CT molecular complexity index is 559. The van der Waals surface area contributed by atoms with Crippen LogP contribution in [0.5, 0.6) is 0 Å². The van der Waals surface area contributed by atoms with E-state index in [9.17, 15) is 18.0 Å². The molecule has 1 aromatic carbocycles. The first-order valence-electron chi connectivity index (χ1n) is 4.27. The zero-order valence-electron chi connectivity index (χ0n) is 7.73. The van der Waals surface area contributed by atoms with Gasteiger partial charge in [-0.2, -0.15) is 13.2 Å². The molecule has 0 saturated heterocycles. The SMILES string of the molecule is O=Cc1c(C(F)(F)F)[nH]c2cc(Cl)ccc12. The van der Waals surface area contributed by atoms with Crippen LogP contribution in [0.15, 0.2) is 18.2 Å². The average molecular weight is 248 g/mol. The monoisotopic (exact) mass is 247 g/mol. The van der Waals surface area contributed by atoms with E-state index in [1.54, 1.807) is 0 Å². The van der Waals surface area contributed by atoms with Crippen molar-refractivity contribution in [1.82, 2.24) is 4.98 Å². The Balaban J connectivity index is 2.81. The molecule has 0 amide bonds. The Labute approximate surface area is 93.0 Å². The van der Waals surface area contributed by atoms with E-state index in [0.717, 1.165) is 0 Å². The largest absolute Gasteiger partial charge is 0.431 e. The first-order chi connectivity index (χ1) is 7.43. The molecule has 84 valence electrons. The fourth-order valence-corrected chi connectivity index (χ4v) is 1.71. The summed E-state index contributed by atoms with van der Waals surface area (Å²) in [5.41, 5.74) is -1.24. The van der Waals surface area contributed by atoms with Gasteiger partial charge >= 0.3 is 6.18 Å². The number of fused-ring (bicyclic) bond motifs is 1. The quantitative estimate of drug-likeness (QED) is 0.767. The van der Waals surface area contributed by atoms with E-state index < -0.39 is 11.9 Å². The molecule has 0 radical (unpaired) electrons. The van der Waals surface area contributed by atoms with Crippen molar-refractivity contribution in [3.05, 3.63) is 34.5 Å². The summed E-state index contributed by atoms with van der Waals surface area (Å²) in [5.74, 6) is 0. The molecular formula is C10H5ClF3NO. The van der Waals surface area contributed by atoms with Crippen LogP contribution < -0.4 is 0 Å². The number of aromatic nitrogens is 1. The lowest BCUT2D eigenvalue weighted by Crippen LogP contribution is -2.08. The van der Waals surface area contributed by atoms with E-state index in [2.05, 4.69) is 4.98 Å². The number of alkyl halides is 3. The van der Waals surface area contributed by atoms with E-state index in [1.807, 2.05) is 0 Å². The lowest BCUT2D eigenvalue weighted by molar-refractivity contribution is -0.140. The second-order valence-electron chi connectivity index (χ2n) is 3.22. The van der Waals surface area contributed by atoms with Gasteiger partial charge in [0.1, 0.15) is 5.69 Å². The highest BCUT2D eigenvalue weighted by molar-refractivity contribution is 6.31. The van der Waals surface area contributed by atoms with Gasteiger partial charge in [0.2, 0.25) is 0 Å². The number of hydrogen-bond donors (Lipinski definition) is 1. The zero-order valence-corrected chi connectivity index (χ0v) is 8.49. The molecule has 0 aliphatic carbocycles. The van der Waals surface area contributed by atoms with Gasteiger partial charge in [-0.15, -0.1) is 0 Å². The fourth-order valence-electron chi connectivity index (χ4n) is 1.54. The molecule has 16 heavy (non-hydrogen) atoms. The minimum atomic E-state index is -4.58. The molecule has 2 rings (SSSR count). The van der Waals surface area contributed by atoms with Crippen molar-refractivity contribution in [2.24, 2.45) is 0 Å². The maximum atomic E-state index is 12.6. The molecule has 1 heterocycles. The van der Waals surface area contributed by atoms with E-state index >= 15 is 0 Å². The number of aldehydes is 1. The molecule has 2 aromatic rings. The maximum absolute atomic E-state index is 12.6. The Kier molecular flexibility index (Phi) is 2.42. The number of aromatic amines is 1. The van der Waals surface area contributed by atoms with Gasteiger partial charge in [-0.05, 0) is 12.1 Å². The van der Waals surface area contributed by atoms with Gasteiger partial charge in [0.25, 0.3) is 0 Å². The molecule has 6 heteroatoms. The molecule has 2 nitrogen and oxygen atoms in total. The van der Waals surface area contributed by atoms with Gasteiger partial charge in [0, 0.05) is 15.9 Å². The van der Waals surface area contributed by atoms with Crippen LogP contribution in [0, 0.1) is 0 Å². The highest BCUT2D eigenvalue weighted by Crippen LogP contribution is 2.35. The van der Waals surface area contributed by atoms with Crippen LogP contribution in [0.2, 0.25) is 5.02 Å². The van der Waals surface area contributed by atoms with Crippen LogP contribution in [0.4, 0.5) is 13.2 Å². The van der Waals surface area contributed by atoms with Gasteiger partial charge in [-0.25, -0.2) is 0 Å². The summed E-state index contributed by atoms with van der Waals surface area (Å²) in [6.07, 6.45) is -4.39. The Morgan fingerprint density at radius 2 is 2.00 bits per heavy atom. The minimum absolute atomic E-state index is 0.190. The highest BCUT2D eigenvalue weighted by atomic mass is 35.5. The van der Waals surface area contributed by atoms with Crippen molar-refractivity contribution in [1.29, 1.82) is 0 Å². The van der Waals surface area contributed by atoms with Crippen LogP contribution in [0.1, 0.15) is 16.1 Å². The first kappa shape index (κ1) is 11.0. The van der Waals surface area contributed by atoms with Crippen molar-refractivity contribution in [2.45, 2.75) is 6.18 Å². The molecule has 0 saturated carbocycles. The van der Waals surface area contributed by atoms with Gasteiger partial charge in [-0.3, -0.25) is 4.79 Å². The Morgan fingerprint density at radius 3 is 2.56 bits per heavy atom. The summed E-state index contributed by atoms with van der Waals surface area (Å²) in [7, 11) is 0. The lowest BCUT2D eigenvalue weighted by Gasteiger charge is -2.03.